The summed E-state index contributed by atoms with van der Waals surface area (Å²) in [6.07, 6.45) is 2.69. The van der Waals surface area contributed by atoms with Crippen molar-refractivity contribution in [3.8, 4) is 11.1 Å². The molecule has 4 rings (SSSR count). The number of carbonyl (C=O) groups is 1. The number of rotatable bonds is 5. The molecule has 2 N–H and O–H groups in total. The van der Waals surface area contributed by atoms with Gasteiger partial charge >= 0.3 is 0 Å². The van der Waals surface area contributed by atoms with Crippen LogP contribution in [0.4, 0.5) is 5.95 Å². The number of nitrogens with zero attached hydrogens (tertiary/aromatic N) is 2. The van der Waals surface area contributed by atoms with Gasteiger partial charge in [0, 0.05) is 30.6 Å². The zero-order valence-electron chi connectivity index (χ0n) is 16.8. The summed E-state index contributed by atoms with van der Waals surface area (Å²) < 4.78 is 0.638. The molecule has 0 unspecified atom stereocenters. The molecule has 1 atom stereocenters. The summed E-state index contributed by atoms with van der Waals surface area (Å²) >= 11 is 1.42. The van der Waals surface area contributed by atoms with Crippen molar-refractivity contribution in [1.82, 2.24) is 15.3 Å². The Bertz CT molecular complexity index is 1070. The number of aromatic amines is 1. The fourth-order valence-corrected chi connectivity index (χ4v) is 4.69. The number of H-pyrrole nitrogens is 1. The second kappa shape index (κ2) is 8.37. The highest BCUT2D eigenvalue weighted by molar-refractivity contribution is 7.17. The molecule has 0 spiro atoms. The summed E-state index contributed by atoms with van der Waals surface area (Å²) in [7, 11) is 0. The maximum Gasteiger partial charge on any atom is 0.270 e. The van der Waals surface area contributed by atoms with Gasteiger partial charge in [-0.2, -0.15) is 0 Å². The van der Waals surface area contributed by atoms with Gasteiger partial charge in [-0.05, 0) is 31.7 Å². The molecule has 6 nitrogen and oxygen atoms in total. The highest BCUT2D eigenvalue weighted by Gasteiger charge is 2.27. The lowest BCUT2D eigenvalue weighted by Gasteiger charge is -2.32. The Morgan fingerprint density at radius 3 is 2.90 bits per heavy atom. The first kappa shape index (κ1) is 19.6. The molecule has 1 fully saturated rings. The van der Waals surface area contributed by atoms with Crippen LogP contribution >= 0.6 is 11.3 Å². The Hall–Kier alpha value is -2.67. The maximum atomic E-state index is 12.7. The fraction of sp³-hybridized carbons (Fsp3) is 0.409. The van der Waals surface area contributed by atoms with Crippen molar-refractivity contribution in [2.75, 3.05) is 24.5 Å². The number of anilines is 1. The lowest BCUT2D eigenvalue weighted by atomic mass is 9.97. The first-order valence-corrected chi connectivity index (χ1v) is 11.1. The third-order valence-electron chi connectivity index (χ3n) is 5.42. The number of amides is 1. The van der Waals surface area contributed by atoms with Gasteiger partial charge in [-0.25, -0.2) is 4.98 Å². The van der Waals surface area contributed by atoms with E-state index >= 15 is 0 Å². The second-order valence-corrected chi connectivity index (χ2v) is 8.54. The quantitative estimate of drug-likeness (QED) is 0.672. The third kappa shape index (κ3) is 4.05. The van der Waals surface area contributed by atoms with Crippen LogP contribution in [0.3, 0.4) is 0 Å². The van der Waals surface area contributed by atoms with Crippen LogP contribution in [-0.2, 0) is 4.79 Å². The maximum absolute atomic E-state index is 12.7. The number of piperidine rings is 1. The average molecular weight is 411 g/mol. The largest absolute Gasteiger partial charge is 0.356 e. The molecule has 2 aromatic heterocycles. The minimum absolute atomic E-state index is 0.0738. The van der Waals surface area contributed by atoms with E-state index in [2.05, 4.69) is 41.5 Å². The monoisotopic (exact) mass is 410 g/mol. The summed E-state index contributed by atoms with van der Waals surface area (Å²) in [4.78, 5) is 34.9. The SMILES string of the molecule is CCCNC(=O)[C@H]1CCCN(c2nc3c(-c4ccc(C)cc4)csc3c(=O)[nH]2)C1. The van der Waals surface area contributed by atoms with Crippen LogP contribution in [0.2, 0.25) is 0 Å². The normalized spacial score (nSPS) is 16.9. The van der Waals surface area contributed by atoms with E-state index in [4.69, 9.17) is 4.98 Å². The van der Waals surface area contributed by atoms with Gasteiger partial charge in [-0.1, -0.05) is 36.8 Å². The predicted molar refractivity (Wildman–Crippen MR) is 119 cm³/mol. The first-order chi connectivity index (χ1) is 14.1. The number of benzene rings is 1. The van der Waals surface area contributed by atoms with Gasteiger partial charge in [0.1, 0.15) is 4.70 Å². The summed E-state index contributed by atoms with van der Waals surface area (Å²) in [6.45, 7) is 6.17. The smallest absolute Gasteiger partial charge is 0.270 e. The van der Waals surface area contributed by atoms with E-state index in [0.29, 0.717) is 23.7 Å². The molecule has 1 saturated heterocycles. The molecule has 1 aromatic carbocycles. The molecule has 1 aliphatic heterocycles. The lowest BCUT2D eigenvalue weighted by Crippen LogP contribution is -2.44. The molecule has 3 heterocycles. The van der Waals surface area contributed by atoms with Gasteiger partial charge in [-0.3, -0.25) is 14.6 Å². The summed E-state index contributed by atoms with van der Waals surface area (Å²) in [5.74, 6) is 0.577. The summed E-state index contributed by atoms with van der Waals surface area (Å²) in [6, 6.07) is 8.26. The number of thiophene rings is 1. The number of carbonyl (C=O) groups excluding carboxylic acids is 1. The summed E-state index contributed by atoms with van der Waals surface area (Å²) in [5, 5.41) is 4.99. The van der Waals surface area contributed by atoms with E-state index in [1.165, 1.54) is 16.9 Å². The number of hydrogen-bond donors (Lipinski definition) is 2. The van der Waals surface area contributed by atoms with Crippen molar-refractivity contribution >= 4 is 33.4 Å². The van der Waals surface area contributed by atoms with Gasteiger partial charge in [0.15, 0.2) is 0 Å². The third-order valence-corrected chi connectivity index (χ3v) is 6.39. The molecule has 0 bridgehead atoms. The Kier molecular flexibility index (Phi) is 5.67. The van der Waals surface area contributed by atoms with Gasteiger partial charge < -0.3 is 10.2 Å². The number of aryl methyl sites for hydroxylation is 1. The van der Waals surface area contributed by atoms with Crippen LogP contribution in [0.5, 0.6) is 0 Å². The Morgan fingerprint density at radius 1 is 1.34 bits per heavy atom. The van der Waals surface area contributed by atoms with Crippen molar-refractivity contribution in [3.63, 3.8) is 0 Å². The zero-order valence-corrected chi connectivity index (χ0v) is 17.6. The molecule has 7 heteroatoms. The molecule has 3 aromatic rings. The number of hydrogen-bond acceptors (Lipinski definition) is 5. The predicted octanol–water partition coefficient (Wildman–Crippen LogP) is 3.70. The standard InChI is InChI=1S/C22H26N4O2S/c1-3-10-23-20(27)16-5-4-11-26(12-16)22-24-18-17(13-29-19(18)21(28)25-22)15-8-6-14(2)7-9-15/h6-9,13,16H,3-5,10-12H2,1-2H3,(H,23,27)(H,24,25,28)/t16-/m0/s1. The van der Waals surface area contributed by atoms with Gasteiger partial charge in [-0.15, -0.1) is 11.3 Å². The fourth-order valence-electron chi connectivity index (χ4n) is 3.78. The van der Waals surface area contributed by atoms with Crippen LogP contribution in [0.15, 0.2) is 34.4 Å². The van der Waals surface area contributed by atoms with E-state index in [1.807, 2.05) is 17.2 Å². The zero-order chi connectivity index (χ0) is 20.4. The van der Waals surface area contributed by atoms with Crippen LogP contribution < -0.4 is 15.8 Å². The highest BCUT2D eigenvalue weighted by Crippen LogP contribution is 2.32. The van der Waals surface area contributed by atoms with Crippen molar-refractivity contribution < 1.29 is 4.79 Å². The van der Waals surface area contributed by atoms with Crippen LogP contribution in [-0.4, -0.2) is 35.5 Å². The first-order valence-electron chi connectivity index (χ1n) is 10.2. The van der Waals surface area contributed by atoms with E-state index in [0.717, 1.165) is 42.5 Å². The average Bonchev–Trinajstić information content (AvgIpc) is 3.17. The van der Waals surface area contributed by atoms with E-state index in [9.17, 15) is 9.59 Å². The highest BCUT2D eigenvalue weighted by atomic mass is 32.1. The Morgan fingerprint density at radius 2 is 2.14 bits per heavy atom. The molecule has 152 valence electrons. The van der Waals surface area contributed by atoms with Crippen LogP contribution in [0.1, 0.15) is 31.7 Å². The molecule has 1 amide bonds. The molecular formula is C22H26N4O2S. The van der Waals surface area contributed by atoms with Gasteiger partial charge in [0.2, 0.25) is 11.9 Å². The number of fused-ring (bicyclic) bond motifs is 1. The van der Waals surface area contributed by atoms with Crippen molar-refractivity contribution in [3.05, 3.63) is 45.6 Å². The van der Waals surface area contributed by atoms with Gasteiger partial charge in [0.05, 0.1) is 11.4 Å². The molecule has 1 aliphatic rings. The van der Waals surface area contributed by atoms with E-state index in [1.54, 1.807) is 0 Å². The lowest BCUT2D eigenvalue weighted by molar-refractivity contribution is -0.125. The van der Waals surface area contributed by atoms with Crippen molar-refractivity contribution in [1.29, 1.82) is 0 Å². The Labute approximate surface area is 174 Å². The van der Waals surface area contributed by atoms with Crippen LogP contribution in [0.25, 0.3) is 21.3 Å². The number of aromatic nitrogens is 2. The van der Waals surface area contributed by atoms with Crippen molar-refractivity contribution in [2.24, 2.45) is 5.92 Å². The Balaban J connectivity index is 1.66. The second-order valence-electron chi connectivity index (χ2n) is 7.66. The molecule has 0 aliphatic carbocycles. The number of nitrogens with one attached hydrogen (secondary N) is 2. The minimum Gasteiger partial charge on any atom is -0.356 e. The topological polar surface area (TPSA) is 78.1 Å². The van der Waals surface area contributed by atoms with Crippen molar-refractivity contribution in [2.45, 2.75) is 33.1 Å². The molecular weight excluding hydrogens is 384 g/mol. The molecule has 0 radical (unpaired) electrons. The molecule has 29 heavy (non-hydrogen) atoms. The summed E-state index contributed by atoms with van der Waals surface area (Å²) in [5.41, 5.74) is 3.84. The van der Waals surface area contributed by atoms with Gasteiger partial charge in [0.25, 0.3) is 5.56 Å². The van der Waals surface area contributed by atoms with E-state index in [-0.39, 0.29) is 17.4 Å². The van der Waals surface area contributed by atoms with E-state index < -0.39 is 0 Å². The minimum atomic E-state index is -0.120. The van der Waals surface area contributed by atoms with Crippen LogP contribution in [0, 0.1) is 12.8 Å². The molecule has 0 saturated carbocycles.